The van der Waals surface area contributed by atoms with Crippen LogP contribution in [0.25, 0.3) is 11.3 Å². The van der Waals surface area contributed by atoms with Crippen LogP contribution >= 0.6 is 11.8 Å². The highest BCUT2D eigenvalue weighted by Crippen LogP contribution is 2.35. The number of halogens is 3. The lowest BCUT2D eigenvalue weighted by atomic mass is 9.96. The van der Waals surface area contributed by atoms with Gasteiger partial charge in [0.2, 0.25) is 0 Å². The van der Waals surface area contributed by atoms with E-state index in [-0.39, 0.29) is 36.3 Å². The summed E-state index contributed by atoms with van der Waals surface area (Å²) >= 11 is 1.55. The lowest BCUT2D eigenvalue weighted by molar-refractivity contribution is -0.162. The van der Waals surface area contributed by atoms with Gasteiger partial charge in [-0.2, -0.15) is 13.2 Å². The number of carbonyl (C=O) groups excluding carboxylic acids is 4. The Labute approximate surface area is 420 Å². The first kappa shape index (κ1) is 54.1. The van der Waals surface area contributed by atoms with Crippen molar-refractivity contribution >= 4 is 46.8 Å². The molecule has 1 atom stereocenters. The quantitative estimate of drug-likeness (QED) is 0.0613. The van der Waals surface area contributed by atoms with Crippen LogP contribution in [0.1, 0.15) is 135 Å². The maximum atomic E-state index is 14.0. The Balaban J connectivity index is 1.11. The molecule has 15 heteroatoms. The van der Waals surface area contributed by atoms with E-state index in [4.69, 9.17) is 9.47 Å². The molecule has 378 valence electrons. The third-order valence-corrected chi connectivity index (χ3v) is 13.8. The van der Waals surface area contributed by atoms with Gasteiger partial charge in [0.15, 0.2) is 0 Å². The van der Waals surface area contributed by atoms with Crippen molar-refractivity contribution in [1.82, 2.24) is 15.2 Å². The average Bonchev–Trinajstić information content (AvgIpc) is 3.34. The summed E-state index contributed by atoms with van der Waals surface area (Å²) in [6.45, 7) is 15.4. The number of benzene rings is 4. The second-order valence-corrected chi connectivity index (χ2v) is 20.9. The van der Waals surface area contributed by atoms with Crippen LogP contribution in [0, 0.1) is 0 Å². The molecule has 1 aromatic heterocycles. The van der Waals surface area contributed by atoms with Crippen LogP contribution in [0.15, 0.2) is 114 Å². The molecule has 0 saturated carbocycles. The minimum Gasteiger partial charge on any atom is -0.460 e. The van der Waals surface area contributed by atoms with E-state index in [0.29, 0.717) is 58.8 Å². The van der Waals surface area contributed by atoms with Gasteiger partial charge < -0.3 is 29.9 Å². The van der Waals surface area contributed by atoms with Gasteiger partial charge >= 0.3 is 12.1 Å². The number of pyridine rings is 1. The van der Waals surface area contributed by atoms with Crippen molar-refractivity contribution in [2.45, 2.75) is 127 Å². The second kappa shape index (κ2) is 23.4. The number of thioether (sulfide) groups is 1. The van der Waals surface area contributed by atoms with Crippen molar-refractivity contribution in [3.63, 3.8) is 0 Å². The number of nitrogens with zero attached hydrogens (tertiary/aromatic N) is 3. The first-order valence-electron chi connectivity index (χ1n) is 24.1. The van der Waals surface area contributed by atoms with Crippen molar-refractivity contribution in [2.75, 3.05) is 37.0 Å². The molecular weight excluding hydrogens is 928 g/mol. The minimum absolute atomic E-state index is 0.107. The molecule has 2 N–H and O–H groups in total. The summed E-state index contributed by atoms with van der Waals surface area (Å²) in [4.78, 5) is 63.4. The van der Waals surface area contributed by atoms with E-state index in [1.165, 1.54) is 24.4 Å². The number of hydrogen-bond donors (Lipinski definition) is 2. The number of amides is 3. The predicted molar refractivity (Wildman–Crippen MR) is 275 cm³/mol. The molecule has 1 fully saturated rings. The summed E-state index contributed by atoms with van der Waals surface area (Å²) in [5.74, 6) is -0.747. The van der Waals surface area contributed by atoms with Crippen molar-refractivity contribution in [2.24, 2.45) is 0 Å². The zero-order valence-electron chi connectivity index (χ0n) is 42.0. The van der Waals surface area contributed by atoms with Crippen LogP contribution in [0.4, 0.5) is 24.5 Å². The van der Waals surface area contributed by atoms with Crippen molar-refractivity contribution in [3.05, 3.63) is 143 Å². The highest BCUT2D eigenvalue weighted by atomic mass is 32.2. The smallest absolute Gasteiger partial charge is 0.416 e. The summed E-state index contributed by atoms with van der Waals surface area (Å²) in [5.41, 5.74) is 2.30. The van der Waals surface area contributed by atoms with Gasteiger partial charge in [0, 0.05) is 83.6 Å². The van der Waals surface area contributed by atoms with Crippen LogP contribution in [-0.4, -0.2) is 77.1 Å². The Kier molecular flexibility index (Phi) is 17.8. The van der Waals surface area contributed by atoms with Crippen molar-refractivity contribution in [1.29, 1.82) is 0 Å². The molecule has 1 aliphatic heterocycles. The molecular formula is C56H66F3N5O6S. The van der Waals surface area contributed by atoms with Gasteiger partial charge in [-0.05, 0) is 158 Å². The summed E-state index contributed by atoms with van der Waals surface area (Å²) in [6, 6.07) is 28.6. The van der Waals surface area contributed by atoms with Gasteiger partial charge in [-0.1, -0.05) is 37.3 Å². The van der Waals surface area contributed by atoms with E-state index in [1.807, 2.05) is 103 Å². The highest BCUT2D eigenvalue weighted by Gasteiger charge is 2.33. The Morgan fingerprint density at radius 2 is 1.46 bits per heavy atom. The molecule has 2 heterocycles. The number of esters is 1. The van der Waals surface area contributed by atoms with Gasteiger partial charge in [-0.25, -0.2) is 0 Å². The molecule has 0 aliphatic carbocycles. The summed E-state index contributed by atoms with van der Waals surface area (Å²) in [7, 11) is 1.79. The lowest BCUT2D eigenvalue weighted by Gasteiger charge is -2.37. The number of rotatable bonds is 19. The van der Waals surface area contributed by atoms with E-state index in [9.17, 15) is 32.3 Å². The van der Waals surface area contributed by atoms with Gasteiger partial charge in [0.05, 0.1) is 29.0 Å². The lowest BCUT2D eigenvalue weighted by Crippen LogP contribution is -2.46. The normalized spacial score (nSPS) is 14.0. The van der Waals surface area contributed by atoms with E-state index >= 15 is 0 Å². The van der Waals surface area contributed by atoms with E-state index in [1.54, 1.807) is 41.9 Å². The maximum Gasteiger partial charge on any atom is 0.416 e. The number of anilines is 2. The van der Waals surface area contributed by atoms with E-state index in [0.717, 1.165) is 60.6 Å². The Bertz CT molecular complexity index is 2680. The maximum absolute atomic E-state index is 14.0. The first-order chi connectivity index (χ1) is 33.5. The molecule has 1 unspecified atom stereocenters. The van der Waals surface area contributed by atoms with E-state index in [2.05, 4.69) is 20.5 Å². The van der Waals surface area contributed by atoms with Crippen LogP contribution in [0.3, 0.4) is 0 Å². The van der Waals surface area contributed by atoms with Crippen molar-refractivity contribution < 1.29 is 41.8 Å². The van der Waals surface area contributed by atoms with Crippen LogP contribution < -0.4 is 15.5 Å². The van der Waals surface area contributed by atoms with E-state index < -0.39 is 34.4 Å². The molecule has 11 nitrogen and oxygen atoms in total. The zero-order chi connectivity index (χ0) is 51.6. The van der Waals surface area contributed by atoms with Gasteiger partial charge in [-0.15, -0.1) is 11.8 Å². The number of carbonyl (C=O) groups is 4. The van der Waals surface area contributed by atoms with Crippen molar-refractivity contribution in [3.8, 4) is 11.3 Å². The van der Waals surface area contributed by atoms with Gasteiger partial charge in [-0.3, -0.25) is 24.2 Å². The van der Waals surface area contributed by atoms with Gasteiger partial charge in [0.1, 0.15) is 5.60 Å². The highest BCUT2D eigenvalue weighted by molar-refractivity contribution is 7.98. The van der Waals surface area contributed by atoms with Crippen LogP contribution in [0.2, 0.25) is 0 Å². The number of ether oxygens (including phenoxy) is 2. The SMILES string of the molecule is CCC(C)(CC(=O)OC(C)(C)C)OCCC(C)(C)N(C)C(=O)c1cccc(SCc2cccc(C(=O)Nc3ccc(N4CCCCC4)cc3-c3cc(C(=O)NCc4cccc(C(F)(F)F)c4)ccn3)c2)c1. The monoisotopic (exact) mass is 993 g/mol. The summed E-state index contributed by atoms with van der Waals surface area (Å²) < 4.78 is 51.8. The number of aromatic nitrogens is 1. The van der Waals surface area contributed by atoms with Crippen LogP contribution in [-0.2, 0) is 32.7 Å². The Hall–Kier alpha value is -6.19. The first-order valence-corrected chi connectivity index (χ1v) is 25.1. The molecule has 71 heavy (non-hydrogen) atoms. The number of alkyl halides is 3. The molecule has 4 aromatic carbocycles. The average molecular weight is 994 g/mol. The molecule has 0 spiro atoms. The molecule has 0 radical (unpaired) electrons. The fourth-order valence-electron chi connectivity index (χ4n) is 8.09. The summed E-state index contributed by atoms with van der Waals surface area (Å²) in [6.07, 6.45) is 1.55. The topological polar surface area (TPSA) is 130 Å². The fraction of sp³-hybridized carbons (Fsp3) is 0.411. The summed E-state index contributed by atoms with van der Waals surface area (Å²) in [5, 5.41) is 5.81. The molecule has 0 bridgehead atoms. The molecule has 6 rings (SSSR count). The third-order valence-electron chi connectivity index (χ3n) is 12.7. The predicted octanol–water partition coefficient (Wildman–Crippen LogP) is 12.4. The molecule has 5 aromatic rings. The van der Waals surface area contributed by atoms with Crippen LogP contribution in [0.5, 0.6) is 0 Å². The Morgan fingerprint density at radius 1 is 0.775 bits per heavy atom. The third kappa shape index (κ3) is 15.4. The molecule has 3 amide bonds. The van der Waals surface area contributed by atoms with Gasteiger partial charge in [0.25, 0.3) is 17.7 Å². The number of nitrogens with one attached hydrogen (secondary N) is 2. The zero-order valence-corrected chi connectivity index (χ0v) is 42.8. The number of hydrogen-bond acceptors (Lipinski definition) is 9. The number of piperidine rings is 1. The standard InChI is InChI=1S/C56H66F3N5O6S/c1-9-55(7,35-49(65)70-53(2,3)4)69-29-25-54(5,6)63(8)52(68)42-19-15-21-45(32-42)71-37-39-17-13-18-40(30-39)51(67)62-47-23-22-44(64-27-11-10-12-28-64)34-46(47)48-33-41(24-26-60-48)50(66)61-36-38-16-14-20-43(31-38)56(57,58)59/h13-24,26,30-34H,9-12,25,27-29,35-37H2,1-8H3,(H,61,66)(H,62,67). The fourth-order valence-corrected chi connectivity index (χ4v) is 8.99. The Morgan fingerprint density at radius 3 is 2.18 bits per heavy atom. The minimum atomic E-state index is -4.50. The molecule has 1 aliphatic rings. The largest absolute Gasteiger partial charge is 0.460 e. The second-order valence-electron chi connectivity index (χ2n) is 19.9. The molecule has 1 saturated heterocycles.